The van der Waals surface area contributed by atoms with Crippen molar-refractivity contribution in [2.24, 2.45) is 0 Å². The molecule has 0 heterocycles. The second-order valence-corrected chi connectivity index (χ2v) is 9.27. The number of nitrogens with zero attached hydrogens (tertiary/aromatic N) is 4. The maximum absolute atomic E-state index is 11.1. The summed E-state index contributed by atoms with van der Waals surface area (Å²) in [5.41, 5.74) is 0. The minimum absolute atomic E-state index is 1.89. The first-order valence-corrected chi connectivity index (χ1v) is 6.58. The van der Waals surface area contributed by atoms with E-state index in [1.807, 2.05) is 75.1 Å². The second kappa shape index (κ2) is 4.00. The van der Waals surface area contributed by atoms with Gasteiger partial charge in [-0.05, 0) is 0 Å². The van der Waals surface area contributed by atoms with E-state index in [0.29, 0.717) is 0 Å². The fourth-order valence-corrected chi connectivity index (χ4v) is 6.44. The first-order valence-electron chi connectivity index (χ1n) is 4.58. The molecule has 0 bridgehead atoms. The Morgan fingerprint density at radius 2 is 0.714 bits per heavy atom. The van der Waals surface area contributed by atoms with Gasteiger partial charge in [0.25, 0.3) is 0 Å². The first-order chi connectivity index (χ1) is 6.10. The van der Waals surface area contributed by atoms with Crippen molar-refractivity contribution in [1.29, 1.82) is 0 Å². The Morgan fingerprint density at radius 3 is 0.714 bits per heavy atom. The van der Waals surface area contributed by atoms with Crippen LogP contribution in [-0.4, -0.2) is 80.0 Å². The molecule has 0 fully saturated rings. The Labute approximate surface area is 88.1 Å². The molecule has 0 amide bonds. The molecule has 0 saturated carbocycles. The van der Waals surface area contributed by atoms with Gasteiger partial charge in [-0.1, -0.05) is 0 Å². The summed E-state index contributed by atoms with van der Waals surface area (Å²) in [5, 5.41) is 0. The molecule has 0 aliphatic heterocycles. The third-order valence-electron chi connectivity index (χ3n) is 2.86. The van der Waals surface area contributed by atoms with Crippen LogP contribution in [0.5, 0.6) is 0 Å². The van der Waals surface area contributed by atoms with Crippen LogP contribution in [-0.2, 0) is 0 Å². The summed E-state index contributed by atoms with van der Waals surface area (Å²) in [4.78, 5) is 11.1. The van der Waals surface area contributed by atoms with Crippen molar-refractivity contribution in [3.63, 3.8) is 0 Å². The van der Waals surface area contributed by atoms with Crippen molar-refractivity contribution in [1.82, 2.24) is 18.7 Å². The van der Waals surface area contributed by atoms with Gasteiger partial charge in [0.15, 0.2) is 0 Å². The number of hydrogen-bond acceptors (Lipinski definition) is 5. The van der Waals surface area contributed by atoms with Crippen LogP contribution >= 0.6 is 7.43 Å². The van der Waals surface area contributed by atoms with Crippen molar-refractivity contribution >= 4 is 7.43 Å². The van der Waals surface area contributed by atoms with Gasteiger partial charge >= 0.3 is 87.4 Å². The summed E-state index contributed by atoms with van der Waals surface area (Å²) in [5.74, 6) is 0. The third kappa shape index (κ3) is 1.48. The van der Waals surface area contributed by atoms with Gasteiger partial charge in [-0.25, -0.2) is 0 Å². The molecule has 5 nitrogen and oxygen atoms in total. The molecule has 0 aliphatic carbocycles. The van der Waals surface area contributed by atoms with E-state index in [9.17, 15) is 4.89 Å². The summed E-state index contributed by atoms with van der Waals surface area (Å²) in [7, 11) is 12.0. The molecule has 14 heavy (non-hydrogen) atoms. The molecule has 0 aliphatic rings. The van der Waals surface area contributed by atoms with E-state index >= 15 is 0 Å². The quantitative estimate of drug-likeness (QED) is 0.697. The molecule has 6 heteroatoms. The van der Waals surface area contributed by atoms with Gasteiger partial charge in [0.2, 0.25) is 0 Å². The van der Waals surface area contributed by atoms with Crippen LogP contribution in [0.15, 0.2) is 0 Å². The van der Waals surface area contributed by atoms with Crippen molar-refractivity contribution < 1.29 is 4.89 Å². The van der Waals surface area contributed by atoms with Crippen LogP contribution < -0.4 is 0 Å². The number of hydrogen-bond donors (Lipinski definition) is 1. The fraction of sp³-hybridized carbons (Fsp3) is 1.00. The Bertz CT molecular complexity index is 162. The summed E-state index contributed by atoms with van der Waals surface area (Å²) in [6.07, 6.45) is 0. The van der Waals surface area contributed by atoms with Crippen molar-refractivity contribution in [3.05, 3.63) is 0 Å². The van der Waals surface area contributed by atoms with Gasteiger partial charge in [-0.2, -0.15) is 0 Å². The van der Waals surface area contributed by atoms with Crippen LogP contribution in [0.4, 0.5) is 0 Å². The second-order valence-electron chi connectivity index (χ2n) is 4.28. The monoisotopic (exact) mass is 224 g/mol. The Balaban J connectivity index is 5.62. The van der Waals surface area contributed by atoms with Gasteiger partial charge in [0.1, 0.15) is 0 Å². The SMILES string of the molecule is CN(C)P(O)(N(C)C)(N(C)C)N(C)C. The van der Waals surface area contributed by atoms with E-state index in [-0.39, 0.29) is 0 Å². The molecule has 0 aromatic rings. The number of rotatable bonds is 4. The van der Waals surface area contributed by atoms with Crippen molar-refractivity contribution in [2.45, 2.75) is 0 Å². The van der Waals surface area contributed by atoms with Crippen LogP contribution in [0.25, 0.3) is 0 Å². The molecule has 0 spiro atoms. The minimum atomic E-state index is -3.25. The molecule has 88 valence electrons. The van der Waals surface area contributed by atoms with E-state index in [1.54, 1.807) is 0 Å². The summed E-state index contributed by atoms with van der Waals surface area (Å²) < 4.78 is 7.58. The van der Waals surface area contributed by atoms with Gasteiger partial charge < -0.3 is 0 Å². The standard InChI is InChI=1S/C8H25N4OP/c1-9(2)14(13,10(3)4,11(5)6)12(7)8/h13H,1-8H3. The van der Waals surface area contributed by atoms with Gasteiger partial charge in [0.05, 0.1) is 0 Å². The molecule has 0 aromatic heterocycles. The van der Waals surface area contributed by atoms with Crippen molar-refractivity contribution in [2.75, 3.05) is 56.4 Å². The first kappa shape index (κ1) is 14.2. The van der Waals surface area contributed by atoms with Gasteiger partial charge in [-0.3, -0.25) is 0 Å². The molecule has 0 atom stereocenters. The zero-order valence-corrected chi connectivity index (χ0v) is 11.6. The Kier molecular flexibility index (Phi) is 4.07. The van der Waals surface area contributed by atoms with E-state index in [4.69, 9.17) is 0 Å². The van der Waals surface area contributed by atoms with Crippen LogP contribution in [0, 0.1) is 0 Å². The molecule has 0 rings (SSSR count). The zero-order chi connectivity index (χ0) is 11.8. The van der Waals surface area contributed by atoms with Gasteiger partial charge in [0, 0.05) is 0 Å². The summed E-state index contributed by atoms with van der Waals surface area (Å²) in [6.45, 7) is 0. The molecular weight excluding hydrogens is 199 g/mol. The molecule has 0 radical (unpaired) electrons. The molecule has 1 N–H and O–H groups in total. The predicted octanol–water partition coefficient (Wildman–Crippen LogP) is 0.353. The van der Waals surface area contributed by atoms with E-state index < -0.39 is 7.43 Å². The molecular formula is C8H25N4OP. The average molecular weight is 224 g/mol. The average Bonchev–Trinajstić information content (AvgIpc) is 2.00. The maximum atomic E-state index is 11.1. The summed E-state index contributed by atoms with van der Waals surface area (Å²) >= 11 is 0. The van der Waals surface area contributed by atoms with Crippen LogP contribution in [0.2, 0.25) is 0 Å². The zero-order valence-electron chi connectivity index (χ0n) is 10.7. The topological polar surface area (TPSA) is 33.2 Å². The Hall–Kier alpha value is 0.230. The van der Waals surface area contributed by atoms with Crippen LogP contribution in [0.1, 0.15) is 0 Å². The Morgan fingerprint density at radius 1 is 0.571 bits per heavy atom. The van der Waals surface area contributed by atoms with Crippen LogP contribution in [0.3, 0.4) is 0 Å². The fourth-order valence-electron chi connectivity index (χ4n) is 2.15. The molecule has 0 saturated heterocycles. The molecule has 0 unspecified atom stereocenters. The summed E-state index contributed by atoms with van der Waals surface area (Å²) in [6, 6.07) is 0. The van der Waals surface area contributed by atoms with E-state index in [0.717, 1.165) is 0 Å². The predicted molar refractivity (Wildman–Crippen MR) is 63.9 cm³/mol. The normalized spacial score (nSPS) is 16.8. The van der Waals surface area contributed by atoms with Gasteiger partial charge in [-0.15, -0.1) is 0 Å². The van der Waals surface area contributed by atoms with E-state index in [1.165, 1.54) is 0 Å². The van der Waals surface area contributed by atoms with E-state index in [2.05, 4.69) is 0 Å². The van der Waals surface area contributed by atoms with Crippen molar-refractivity contribution in [3.8, 4) is 0 Å². The molecule has 0 aromatic carbocycles. The third-order valence-corrected chi connectivity index (χ3v) is 8.59.